The number of carboxylic acid groups (broad SMARTS) is 1. The number of nitrogens with two attached hydrogens (primary N) is 1. The van der Waals surface area contributed by atoms with Gasteiger partial charge in [-0.2, -0.15) is 0 Å². The van der Waals surface area contributed by atoms with Gasteiger partial charge in [0.25, 0.3) is 0 Å². The monoisotopic (exact) mass is 254 g/mol. The van der Waals surface area contributed by atoms with Gasteiger partial charge in [-0.15, -0.1) is 0 Å². The second kappa shape index (κ2) is 6.23. The van der Waals surface area contributed by atoms with Crippen LogP contribution in [-0.4, -0.2) is 17.1 Å². The lowest BCUT2D eigenvalue weighted by Crippen LogP contribution is -2.19. The van der Waals surface area contributed by atoms with Gasteiger partial charge in [-0.05, 0) is 25.0 Å². The van der Waals surface area contributed by atoms with Crippen LogP contribution in [0.5, 0.6) is 0 Å². The molecule has 1 rings (SSSR count). The number of hydrogen-bond donors (Lipinski definition) is 3. The van der Waals surface area contributed by atoms with Crippen LogP contribution in [0.2, 0.25) is 0 Å². The first-order chi connectivity index (χ1) is 8.49. The number of nitrogen functional groups attached to an aromatic ring is 1. The smallest absolute Gasteiger partial charge is 0.337 e. The lowest BCUT2D eigenvalue weighted by molar-refractivity contribution is 0.0698. The van der Waals surface area contributed by atoms with Crippen LogP contribution in [-0.2, 0) is 0 Å². The highest BCUT2D eigenvalue weighted by Crippen LogP contribution is 2.24. The van der Waals surface area contributed by atoms with Gasteiger partial charge in [-0.25, -0.2) is 9.18 Å². The van der Waals surface area contributed by atoms with Gasteiger partial charge in [0.15, 0.2) is 0 Å². The number of aromatic carboxylic acids is 1. The Labute approximate surface area is 106 Å². The van der Waals surface area contributed by atoms with Crippen LogP contribution in [0.25, 0.3) is 0 Å². The normalized spacial score (nSPS) is 12.2. The van der Waals surface area contributed by atoms with E-state index in [2.05, 4.69) is 5.32 Å². The van der Waals surface area contributed by atoms with Gasteiger partial charge in [0.1, 0.15) is 5.82 Å². The van der Waals surface area contributed by atoms with Gasteiger partial charge in [0.2, 0.25) is 0 Å². The molecular formula is C13H19FN2O2. The lowest BCUT2D eigenvalue weighted by atomic mass is 10.1. The molecule has 4 N–H and O–H groups in total. The average molecular weight is 254 g/mol. The van der Waals surface area contributed by atoms with Crippen LogP contribution in [0.15, 0.2) is 12.1 Å². The Morgan fingerprint density at radius 1 is 1.50 bits per heavy atom. The Morgan fingerprint density at radius 3 is 2.67 bits per heavy atom. The van der Waals surface area contributed by atoms with Crippen molar-refractivity contribution in [1.29, 1.82) is 0 Å². The summed E-state index contributed by atoms with van der Waals surface area (Å²) in [6.07, 6.45) is 2.73. The summed E-state index contributed by atoms with van der Waals surface area (Å²) in [4.78, 5) is 10.9. The van der Waals surface area contributed by atoms with E-state index < -0.39 is 11.8 Å². The standard InChI is InChI=1S/C13H19FN2O2/c1-3-5-8(4-2)16-12-6-9(13(17)18)11(15)7-10(12)14/h6-8,16H,3-5,15H2,1-2H3,(H,17,18). The predicted molar refractivity (Wildman–Crippen MR) is 70.4 cm³/mol. The Kier molecular flexibility index (Phi) is 4.95. The van der Waals surface area contributed by atoms with Crippen molar-refractivity contribution in [3.63, 3.8) is 0 Å². The molecule has 0 spiro atoms. The first-order valence-corrected chi connectivity index (χ1v) is 6.08. The molecule has 0 radical (unpaired) electrons. The minimum atomic E-state index is -1.15. The highest BCUT2D eigenvalue weighted by molar-refractivity contribution is 5.94. The van der Waals surface area contributed by atoms with E-state index in [1.165, 1.54) is 6.07 Å². The van der Waals surface area contributed by atoms with E-state index in [9.17, 15) is 9.18 Å². The minimum absolute atomic E-state index is 0.0610. The van der Waals surface area contributed by atoms with Crippen molar-refractivity contribution in [3.8, 4) is 0 Å². The Hall–Kier alpha value is -1.78. The van der Waals surface area contributed by atoms with Crippen molar-refractivity contribution in [2.75, 3.05) is 11.1 Å². The van der Waals surface area contributed by atoms with Crippen molar-refractivity contribution >= 4 is 17.3 Å². The van der Waals surface area contributed by atoms with Gasteiger partial charge in [0.05, 0.1) is 11.3 Å². The molecule has 0 aliphatic rings. The van der Waals surface area contributed by atoms with Gasteiger partial charge < -0.3 is 16.2 Å². The molecule has 1 aromatic rings. The Balaban J connectivity index is 3.01. The average Bonchev–Trinajstić information content (AvgIpc) is 2.31. The Bertz CT molecular complexity index is 435. The van der Waals surface area contributed by atoms with Crippen LogP contribution in [0.1, 0.15) is 43.5 Å². The second-order valence-electron chi connectivity index (χ2n) is 4.26. The molecule has 1 atom stereocenters. The minimum Gasteiger partial charge on any atom is -0.478 e. The molecule has 0 fully saturated rings. The number of rotatable bonds is 6. The van der Waals surface area contributed by atoms with Crippen LogP contribution in [0.3, 0.4) is 0 Å². The van der Waals surface area contributed by atoms with E-state index in [4.69, 9.17) is 10.8 Å². The number of nitrogens with one attached hydrogen (secondary N) is 1. The Morgan fingerprint density at radius 2 is 2.17 bits per heavy atom. The first-order valence-electron chi connectivity index (χ1n) is 6.08. The highest BCUT2D eigenvalue weighted by atomic mass is 19.1. The third kappa shape index (κ3) is 3.35. The fourth-order valence-corrected chi connectivity index (χ4v) is 1.83. The molecule has 0 aromatic heterocycles. The molecule has 0 saturated heterocycles. The molecule has 0 aliphatic carbocycles. The molecule has 100 valence electrons. The predicted octanol–water partition coefficient (Wildman–Crippen LogP) is 3.10. The fourth-order valence-electron chi connectivity index (χ4n) is 1.83. The number of carbonyl (C=O) groups is 1. The third-order valence-electron chi connectivity index (χ3n) is 2.86. The maximum absolute atomic E-state index is 13.7. The van der Waals surface area contributed by atoms with Crippen LogP contribution < -0.4 is 11.1 Å². The number of carboxylic acids is 1. The van der Waals surface area contributed by atoms with E-state index in [1.54, 1.807) is 0 Å². The fraction of sp³-hybridized carbons (Fsp3) is 0.462. The van der Waals surface area contributed by atoms with E-state index in [0.717, 1.165) is 25.3 Å². The van der Waals surface area contributed by atoms with E-state index in [1.807, 2.05) is 13.8 Å². The largest absolute Gasteiger partial charge is 0.478 e. The number of halogens is 1. The zero-order valence-corrected chi connectivity index (χ0v) is 10.7. The van der Waals surface area contributed by atoms with Crippen LogP contribution in [0, 0.1) is 5.82 Å². The third-order valence-corrected chi connectivity index (χ3v) is 2.86. The number of hydrogen-bond acceptors (Lipinski definition) is 3. The molecule has 0 saturated carbocycles. The summed E-state index contributed by atoms with van der Waals surface area (Å²) in [7, 11) is 0. The van der Waals surface area contributed by atoms with E-state index in [-0.39, 0.29) is 23.0 Å². The molecule has 18 heavy (non-hydrogen) atoms. The molecule has 0 bridgehead atoms. The lowest BCUT2D eigenvalue weighted by Gasteiger charge is -2.18. The van der Waals surface area contributed by atoms with Gasteiger partial charge in [-0.1, -0.05) is 20.3 Å². The zero-order valence-electron chi connectivity index (χ0n) is 10.7. The SMILES string of the molecule is CCCC(CC)Nc1cc(C(=O)O)c(N)cc1F. The van der Waals surface area contributed by atoms with Crippen LogP contribution in [0.4, 0.5) is 15.8 Å². The summed E-state index contributed by atoms with van der Waals surface area (Å²) in [6.45, 7) is 4.05. The van der Waals surface area contributed by atoms with Crippen molar-refractivity contribution in [2.24, 2.45) is 0 Å². The summed E-state index contributed by atoms with van der Waals surface area (Å²) in [5.41, 5.74) is 5.52. The summed E-state index contributed by atoms with van der Waals surface area (Å²) in [5.74, 6) is -1.67. The summed E-state index contributed by atoms with van der Waals surface area (Å²) < 4.78 is 13.7. The van der Waals surface area contributed by atoms with Gasteiger partial charge >= 0.3 is 5.97 Å². The molecular weight excluding hydrogens is 235 g/mol. The maximum atomic E-state index is 13.7. The zero-order chi connectivity index (χ0) is 13.7. The summed E-state index contributed by atoms with van der Waals surface area (Å²) >= 11 is 0. The van der Waals surface area contributed by atoms with Gasteiger partial charge in [0, 0.05) is 11.7 Å². The molecule has 0 aliphatic heterocycles. The molecule has 5 heteroatoms. The van der Waals surface area contributed by atoms with Crippen molar-refractivity contribution in [3.05, 3.63) is 23.5 Å². The maximum Gasteiger partial charge on any atom is 0.337 e. The van der Waals surface area contributed by atoms with Crippen LogP contribution >= 0.6 is 0 Å². The quantitative estimate of drug-likeness (QED) is 0.682. The molecule has 0 heterocycles. The molecule has 0 amide bonds. The van der Waals surface area contributed by atoms with Crippen molar-refractivity contribution < 1.29 is 14.3 Å². The number of benzene rings is 1. The van der Waals surface area contributed by atoms with E-state index in [0.29, 0.717) is 0 Å². The summed E-state index contributed by atoms with van der Waals surface area (Å²) in [5, 5.41) is 12.0. The van der Waals surface area contributed by atoms with Crippen molar-refractivity contribution in [2.45, 2.75) is 39.2 Å². The highest BCUT2D eigenvalue weighted by Gasteiger charge is 2.15. The number of anilines is 2. The molecule has 4 nitrogen and oxygen atoms in total. The first kappa shape index (κ1) is 14.3. The summed E-state index contributed by atoms with van der Waals surface area (Å²) in [6, 6.07) is 2.44. The molecule has 1 aromatic carbocycles. The molecule has 1 unspecified atom stereocenters. The van der Waals surface area contributed by atoms with Gasteiger partial charge in [-0.3, -0.25) is 0 Å². The van der Waals surface area contributed by atoms with E-state index >= 15 is 0 Å². The second-order valence-corrected chi connectivity index (χ2v) is 4.26. The topological polar surface area (TPSA) is 75.3 Å². The van der Waals surface area contributed by atoms with Crippen molar-refractivity contribution in [1.82, 2.24) is 0 Å².